The zero-order chi connectivity index (χ0) is 15.4. The van der Waals surface area contributed by atoms with Gasteiger partial charge in [-0.1, -0.05) is 25.6 Å². The molecule has 0 aromatic carbocycles. The van der Waals surface area contributed by atoms with E-state index in [2.05, 4.69) is 16.4 Å². The minimum Gasteiger partial charge on any atom is -0.452 e. The molecule has 0 spiro atoms. The molecule has 1 amide bonds. The number of thiocarbonyl (C=S) groups is 1. The molecule has 1 aliphatic rings. The summed E-state index contributed by atoms with van der Waals surface area (Å²) in [5.74, 6) is 0.551. The standard InChI is InChI=1S/C11H21N3O4S2/c1-3-8-4-6-11(7-5-8,9(12)19)14-20(16,17)13-10(15)18-2/h8,14H,3-7H2,1-2H3,(H2,12,19)(H,13,15). The Balaban J connectivity index is 2.83. The minimum atomic E-state index is -4.06. The van der Waals surface area contributed by atoms with Crippen LogP contribution in [0.1, 0.15) is 39.0 Å². The summed E-state index contributed by atoms with van der Waals surface area (Å²) in [7, 11) is -2.98. The van der Waals surface area contributed by atoms with Crippen molar-refractivity contribution in [3.8, 4) is 0 Å². The number of carbonyl (C=O) groups excluding carboxylic acids is 1. The monoisotopic (exact) mass is 323 g/mol. The highest BCUT2D eigenvalue weighted by Crippen LogP contribution is 2.34. The number of hydrogen-bond donors (Lipinski definition) is 3. The molecule has 0 atom stereocenters. The van der Waals surface area contributed by atoms with E-state index in [1.165, 1.54) is 0 Å². The Hall–Kier alpha value is -0.930. The van der Waals surface area contributed by atoms with Crippen molar-refractivity contribution in [1.29, 1.82) is 0 Å². The van der Waals surface area contributed by atoms with Crippen LogP contribution in [0.4, 0.5) is 4.79 Å². The molecule has 0 bridgehead atoms. The molecule has 1 aliphatic carbocycles. The van der Waals surface area contributed by atoms with Crippen LogP contribution in [0.15, 0.2) is 0 Å². The van der Waals surface area contributed by atoms with Crippen LogP contribution in [0.2, 0.25) is 0 Å². The van der Waals surface area contributed by atoms with E-state index < -0.39 is 21.8 Å². The van der Waals surface area contributed by atoms with E-state index in [9.17, 15) is 13.2 Å². The van der Waals surface area contributed by atoms with Gasteiger partial charge in [0.2, 0.25) is 0 Å². The fraction of sp³-hybridized carbons (Fsp3) is 0.818. The van der Waals surface area contributed by atoms with Gasteiger partial charge in [0, 0.05) is 0 Å². The average molecular weight is 323 g/mol. The molecule has 9 heteroatoms. The van der Waals surface area contributed by atoms with Gasteiger partial charge in [-0.3, -0.25) is 0 Å². The second kappa shape index (κ2) is 6.68. The van der Waals surface area contributed by atoms with E-state index in [0.29, 0.717) is 18.8 Å². The summed E-state index contributed by atoms with van der Waals surface area (Å²) in [4.78, 5) is 11.1. The number of nitrogens with two attached hydrogens (primary N) is 1. The predicted octanol–water partition coefficient (Wildman–Crippen LogP) is 0.802. The maximum atomic E-state index is 11.9. The van der Waals surface area contributed by atoms with E-state index in [4.69, 9.17) is 18.0 Å². The molecular weight excluding hydrogens is 302 g/mol. The van der Waals surface area contributed by atoms with Gasteiger partial charge in [-0.15, -0.1) is 0 Å². The predicted molar refractivity (Wildman–Crippen MR) is 79.4 cm³/mol. The minimum absolute atomic E-state index is 0.0993. The van der Waals surface area contributed by atoms with Crippen molar-refractivity contribution in [2.45, 2.75) is 44.6 Å². The molecule has 4 N–H and O–H groups in total. The van der Waals surface area contributed by atoms with E-state index in [1.807, 2.05) is 0 Å². The highest BCUT2D eigenvalue weighted by molar-refractivity contribution is 7.88. The molecule has 0 unspecified atom stereocenters. The Bertz CT molecular complexity index is 470. The third kappa shape index (κ3) is 4.29. The number of hydrogen-bond acceptors (Lipinski definition) is 5. The number of carbonyl (C=O) groups is 1. The summed E-state index contributed by atoms with van der Waals surface area (Å²) < 4.78 is 32.2. The number of nitrogens with one attached hydrogen (secondary N) is 2. The molecular formula is C11H21N3O4S2. The summed E-state index contributed by atoms with van der Waals surface area (Å²) in [6, 6.07) is 0. The van der Waals surface area contributed by atoms with Crippen molar-refractivity contribution in [2.75, 3.05) is 7.11 Å². The molecule has 1 fully saturated rings. The summed E-state index contributed by atoms with van der Waals surface area (Å²) >= 11 is 5.02. The quantitative estimate of drug-likeness (QED) is 0.646. The Kier molecular flexibility index (Phi) is 5.72. The van der Waals surface area contributed by atoms with E-state index >= 15 is 0 Å². The second-order valence-corrected chi connectivity index (χ2v) is 6.85. The lowest BCUT2D eigenvalue weighted by atomic mass is 9.76. The molecule has 116 valence electrons. The smallest absolute Gasteiger partial charge is 0.421 e. The van der Waals surface area contributed by atoms with Gasteiger partial charge in [0.05, 0.1) is 17.6 Å². The zero-order valence-electron chi connectivity index (χ0n) is 11.6. The van der Waals surface area contributed by atoms with Gasteiger partial charge in [-0.25, -0.2) is 9.52 Å². The van der Waals surface area contributed by atoms with Gasteiger partial charge < -0.3 is 10.5 Å². The van der Waals surface area contributed by atoms with E-state index in [-0.39, 0.29) is 4.99 Å². The zero-order valence-corrected chi connectivity index (χ0v) is 13.3. The molecule has 0 aromatic heterocycles. The van der Waals surface area contributed by atoms with Crippen LogP contribution < -0.4 is 15.2 Å². The van der Waals surface area contributed by atoms with E-state index in [0.717, 1.165) is 26.4 Å². The molecule has 0 heterocycles. The molecule has 20 heavy (non-hydrogen) atoms. The highest BCUT2D eigenvalue weighted by atomic mass is 32.2. The lowest BCUT2D eigenvalue weighted by molar-refractivity contribution is 0.177. The SMILES string of the molecule is CCC1CCC(NS(=O)(=O)NC(=O)OC)(C(N)=S)CC1. The molecule has 0 aromatic rings. The maximum Gasteiger partial charge on any atom is 0.421 e. The normalized spacial score (nSPS) is 26.8. The van der Waals surface area contributed by atoms with Crippen molar-refractivity contribution >= 4 is 33.5 Å². The summed E-state index contributed by atoms with van der Waals surface area (Å²) in [5.41, 5.74) is 4.75. The summed E-state index contributed by atoms with van der Waals surface area (Å²) in [6.07, 6.45) is 2.73. The van der Waals surface area contributed by atoms with Crippen molar-refractivity contribution in [1.82, 2.24) is 9.44 Å². The van der Waals surface area contributed by atoms with Crippen molar-refractivity contribution in [3.63, 3.8) is 0 Å². The first-order chi connectivity index (χ1) is 9.24. The van der Waals surface area contributed by atoms with Gasteiger partial charge in [0.25, 0.3) is 0 Å². The molecule has 0 saturated heterocycles. The third-order valence-corrected chi connectivity index (χ3v) is 5.23. The van der Waals surface area contributed by atoms with Crippen molar-refractivity contribution in [3.05, 3.63) is 0 Å². The largest absolute Gasteiger partial charge is 0.452 e. The van der Waals surface area contributed by atoms with Crippen molar-refractivity contribution < 1.29 is 17.9 Å². The molecule has 0 aliphatic heterocycles. The molecule has 0 radical (unpaired) electrons. The van der Waals surface area contributed by atoms with Crippen LogP contribution in [0.3, 0.4) is 0 Å². The Morgan fingerprint density at radius 1 is 1.45 bits per heavy atom. The Morgan fingerprint density at radius 2 is 2.00 bits per heavy atom. The van der Waals surface area contributed by atoms with Gasteiger partial charge in [-0.2, -0.15) is 13.1 Å². The first-order valence-electron chi connectivity index (χ1n) is 6.44. The van der Waals surface area contributed by atoms with E-state index in [1.54, 1.807) is 4.72 Å². The van der Waals surface area contributed by atoms with Crippen LogP contribution in [0.25, 0.3) is 0 Å². The molecule has 1 rings (SSSR count). The Labute approximate surface area is 124 Å². The van der Waals surface area contributed by atoms with Crippen LogP contribution >= 0.6 is 12.2 Å². The topological polar surface area (TPSA) is 111 Å². The molecule has 7 nitrogen and oxygen atoms in total. The number of methoxy groups -OCH3 is 1. The van der Waals surface area contributed by atoms with Crippen LogP contribution in [-0.2, 0) is 14.9 Å². The van der Waals surface area contributed by atoms with Gasteiger partial charge in [0.1, 0.15) is 0 Å². The summed E-state index contributed by atoms with van der Waals surface area (Å²) in [6.45, 7) is 2.10. The Morgan fingerprint density at radius 3 is 2.40 bits per heavy atom. The summed E-state index contributed by atoms with van der Waals surface area (Å²) in [5, 5.41) is 0. The first kappa shape index (κ1) is 17.1. The third-order valence-electron chi connectivity index (χ3n) is 3.74. The lowest BCUT2D eigenvalue weighted by Gasteiger charge is -2.39. The number of amides is 1. The fourth-order valence-electron chi connectivity index (χ4n) is 2.41. The molecule has 1 saturated carbocycles. The lowest BCUT2D eigenvalue weighted by Crippen LogP contribution is -2.60. The van der Waals surface area contributed by atoms with Gasteiger partial charge in [-0.05, 0) is 31.6 Å². The number of ether oxygens (including phenoxy) is 1. The van der Waals surface area contributed by atoms with Gasteiger partial charge >= 0.3 is 16.3 Å². The second-order valence-electron chi connectivity index (χ2n) is 5.00. The maximum absolute atomic E-state index is 11.9. The van der Waals surface area contributed by atoms with Crippen LogP contribution in [0.5, 0.6) is 0 Å². The fourth-order valence-corrected chi connectivity index (χ4v) is 3.91. The number of rotatable bonds is 5. The first-order valence-corrected chi connectivity index (χ1v) is 8.33. The van der Waals surface area contributed by atoms with Crippen LogP contribution in [-0.4, -0.2) is 32.1 Å². The van der Waals surface area contributed by atoms with Gasteiger partial charge in [0.15, 0.2) is 0 Å². The highest BCUT2D eigenvalue weighted by Gasteiger charge is 2.41. The van der Waals surface area contributed by atoms with Crippen LogP contribution in [0, 0.1) is 5.92 Å². The average Bonchev–Trinajstić information content (AvgIpc) is 2.38. The van der Waals surface area contributed by atoms with Crippen molar-refractivity contribution in [2.24, 2.45) is 11.7 Å².